The van der Waals surface area contributed by atoms with Crippen molar-refractivity contribution >= 4 is 0 Å². The molecule has 0 spiro atoms. The van der Waals surface area contributed by atoms with E-state index in [2.05, 4.69) is 32.9 Å². The van der Waals surface area contributed by atoms with Crippen molar-refractivity contribution in [2.24, 2.45) is 5.92 Å². The number of allylic oxidation sites excluding steroid dienone is 2. The Morgan fingerprint density at radius 1 is 0.760 bits per heavy atom. The van der Waals surface area contributed by atoms with Crippen LogP contribution in [0, 0.1) is 5.92 Å². The average Bonchev–Trinajstić information content (AvgIpc) is 2.58. The fourth-order valence-corrected chi connectivity index (χ4v) is 3.51. The van der Waals surface area contributed by atoms with E-state index >= 15 is 0 Å². The first-order valence-electron chi connectivity index (χ1n) is 11.1. The maximum atomic E-state index is 5.80. The van der Waals surface area contributed by atoms with Gasteiger partial charge in [0.25, 0.3) is 0 Å². The van der Waals surface area contributed by atoms with Gasteiger partial charge in [0.2, 0.25) is 0 Å². The van der Waals surface area contributed by atoms with Crippen LogP contribution in [0.15, 0.2) is 12.2 Å². The van der Waals surface area contributed by atoms with Gasteiger partial charge in [-0.05, 0) is 58.8 Å². The number of rotatable bonds is 18. The van der Waals surface area contributed by atoms with Gasteiger partial charge in [0.1, 0.15) is 0 Å². The predicted octanol–water partition coefficient (Wildman–Crippen LogP) is 7.67. The highest BCUT2D eigenvalue weighted by molar-refractivity contribution is 4.88. The second-order valence-electron chi connectivity index (χ2n) is 7.43. The van der Waals surface area contributed by atoms with E-state index in [-0.39, 0.29) is 5.79 Å². The molecule has 0 aliphatic heterocycles. The van der Waals surface area contributed by atoms with E-state index in [1.165, 1.54) is 70.6 Å². The highest BCUT2D eigenvalue weighted by Gasteiger charge is 2.23. The smallest absolute Gasteiger partial charge is 0.165 e. The minimum atomic E-state index is -0.384. The predicted molar refractivity (Wildman–Crippen MR) is 111 cm³/mol. The van der Waals surface area contributed by atoms with Gasteiger partial charge in [-0.3, -0.25) is 0 Å². The van der Waals surface area contributed by atoms with E-state index in [1.54, 1.807) is 0 Å². The molecule has 0 saturated heterocycles. The Morgan fingerprint density at radius 2 is 1.44 bits per heavy atom. The zero-order valence-corrected chi connectivity index (χ0v) is 17.9. The van der Waals surface area contributed by atoms with Crippen LogP contribution in [0.4, 0.5) is 0 Å². The zero-order valence-electron chi connectivity index (χ0n) is 17.9. The van der Waals surface area contributed by atoms with Gasteiger partial charge in [0, 0.05) is 19.6 Å². The molecule has 0 aromatic carbocycles. The van der Waals surface area contributed by atoms with Crippen molar-refractivity contribution in [3.05, 3.63) is 12.2 Å². The number of hydrogen-bond acceptors (Lipinski definition) is 2. The van der Waals surface area contributed by atoms with E-state index < -0.39 is 0 Å². The lowest BCUT2D eigenvalue weighted by atomic mass is 9.95. The normalized spacial score (nSPS) is 13.6. The maximum absolute atomic E-state index is 5.80. The lowest BCUT2D eigenvalue weighted by Crippen LogP contribution is -2.32. The average molecular weight is 355 g/mol. The molecule has 0 bridgehead atoms. The number of hydrogen-bond donors (Lipinski definition) is 0. The monoisotopic (exact) mass is 354 g/mol. The Morgan fingerprint density at radius 3 is 2.04 bits per heavy atom. The Labute approximate surface area is 158 Å². The molecule has 25 heavy (non-hydrogen) atoms. The van der Waals surface area contributed by atoms with Crippen molar-refractivity contribution < 1.29 is 9.47 Å². The van der Waals surface area contributed by atoms with Crippen molar-refractivity contribution in [2.75, 3.05) is 13.2 Å². The molecule has 0 radical (unpaired) electrons. The van der Waals surface area contributed by atoms with Crippen LogP contribution in [0.2, 0.25) is 0 Å². The molecule has 2 heteroatoms. The third-order valence-electron chi connectivity index (χ3n) is 4.90. The van der Waals surface area contributed by atoms with E-state index in [0.29, 0.717) is 0 Å². The van der Waals surface area contributed by atoms with Gasteiger partial charge in [-0.2, -0.15) is 0 Å². The quantitative estimate of drug-likeness (QED) is 0.143. The maximum Gasteiger partial charge on any atom is 0.165 e. The van der Waals surface area contributed by atoms with Crippen LogP contribution in [-0.4, -0.2) is 19.0 Å². The molecule has 2 nitrogen and oxygen atoms in total. The topological polar surface area (TPSA) is 18.5 Å². The fraction of sp³-hybridized carbons (Fsp3) is 0.913. The van der Waals surface area contributed by atoms with E-state index in [9.17, 15) is 0 Å². The van der Waals surface area contributed by atoms with Gasteiger partial charge in [-0.15, -0.1) is 0 Å². The standard InChI is InChI=1S/C23H46O2/c1-6-10-11-12-13-15-19-22(18-7-2)20-16-14-17-21-23(5,24-8-3)25-9-4/h15,19,22H,6-14,16-18,20-21H2,1-5H3. The molecule has 1 atom stereocenters. The summed E-state index contributed by atoms with van der Waals surface area (Å²) in [5.74, 6) is 0.395. The summed E-state index contributed by atoms with van der Waals surface area (Å²) in [4.78, 5) is 0. The first-order valence-corrected chi connectivity index (χ1v) is 11.1. The third-order valence-corrected chi connectivity index (χ3v) is 4.90. The highest BCUT2D eigenvalue weighted by atomic mass is 16.7. The van der Waals surface area contributed by atoms with Crippen LogP contribution < -0.4 is 0 Å². The highest BCUT2D eigenvalue weighted by Crippen LogP contribution is 2.23. The molecule has 0 fully saturated rings. The molecule has 0 aliphatic carbocycles. The fourth-order valence-electron chi connectivity index (χ4n) is 3.51. The van der Waals surface area contributed by atoms with Crippen LogP contribution in [0.1, 0.15) is 112 Å². The summed E-state index contributed by atoms with van der Waals surface area (Å²) < 4.78 is 11.6. The Kier molecular flexibility index (Phi) is 16.9. The molecule has 0 saturated carbocycles. The SMILES string of the molecule is CCCCCCC=CC(CCC)CCCCCC(C)(OCC)OCC. The van der Waals surface area contributed by atoms with Gasteiger partial charge in [-0.1, -0.05) is 64.5 Å². The van der Waals surface area contributed by atoms with Crippen molar-refractivity contribution in [2.45, 2.75) is 117 Å². The van der Waals surface area contributed by atoms with Crippen molar-refractivity contribution in [1.29, 1.82) is 0 Å². The van der Waals surface area contributed by atoms with Gasteiger partial charge in [0.15, 0.2) is 5.79 Å². The van der Waals surface area contributed by atoms with E-state index in [0.717, 1.165) is 25.6 Å². The van der Waals surface area contributed by atoms with Crippen LogP contribution in [-0.2, 0) is 9.47 Å². The van der Waals surface area contributed by atoms with Gasteiger partial charge < -0.3 is 9.47 Å². The Balaban J connectivity index is 3.96. The Bertz CT molecular complexity index is 292. The van der Waals surface area contributed by atoms with Gasteiger partial charge >= 0.3 is 0 Å². The minimum Gasteiger partial charge on any atom is -0.351 e. The van der Waals surface area contributed by atoms with Gasteiger partial charge in [0.05, 0.1) is 0 Å². The molecule has 0 amide bonds. The first kappa shape index (κ1) is 24.7. The van der Waals surface area contributed by atoms with E-state index in [1.807, 2.05) is 13.8 Å². The first-order chi connectivity index (χ1) is 12.1. The zero-order chi connectivity index (χ0) is 18.8. The second kappa shape index (κ2) is 17.1. The summed E-state index contributed by atoms with van der Waals surface area (Å²) in [6, 6.07) is 0. The van der Waals surface area contributed by atoms with Gasteiger partial charge in [-0.25, -0.2) is 0 Å². The summed E-state index contributed by atoms with van der Waals surface area (Å²) in [6.45, 7) is 12.2. The van der Waals surface area contributed by atoms with Crippen molar-refractivity contribution in [1.82, 2.24) is 0 Å². The van der Waals surface area contributed by atoms with Crippen LogP contribution in [0.5, 0.6) is 0 Å². The lowest BCUT2D eigenvalue weighted by Gasteiger charge is -2.29. The summed E-state index contributed by atoms with van der Waals surface area (Å²) >= 11 is 0. The third kappa shape index (κ3) is 14.5. The van der Waals surface area contributed by atoms with Crippen molar-refractivity contribution in [3.8, 4) is 0 Å². The summed E-state index contributed by atoms with van der Waals surface area (Å²) in [7, 11) is 0. The second-order valence-corrected chi connectivity index (χ2v) is 7.43. The number of ether oxygens (including phenoxy) is 2. The molecule has 1 unspecified atom stereocenters. The van der Waals surface area contributed by atoms with Crippen LogP contribution >= 0.6 is 0 Å². The molecule has 0 aromatic rings. The molecule has 0 rings (SSSR count). The Hall–Kier alpha value is -0.340. The molecule has 0 aliphatic rings. The van der Waals surface area contributed by atoms with E-state index in [4.69, 9.17) is 9.47 Å². The van der Waals surface area contributed by atoms with Crippen molar-refractivity contribution in [3.63, 3.8) is 0 Å². The van der Waals surface area contributed by atoms with Crippen LogP contribution in [0.25, 0.3) is 0 Å². The lowest BCUT2D eigenvalue weighted by molar-refractivity contribution is -0.225. The molecule has 150 valence electrons. The molecular weight excluding hydrogens is 308 g/mol. The molecular formula is C23H46O2. The summed E-state index contributed by atoms with van der Waals surface area (Å²) in [5, 5.41) is 0. The summed E-state index contributed by atoms with van der Waals surface area (Å²) in [6.07, 6.45) is 20.4. The molecule has 0 aromatic heterocycles. The van der Waals surface area contributed by atoms with Crippen LogP contribution in [0.3, 0.4) is 0 Å². The molecule has 0 N–H and O–H groups in total. The summed E-state index contributed by atoms with van der Waals surface area (Å²) in [5.41, 5.74) is 0. The molecule has 0 heterocycles. The minimum absolute atomic E-state index is 0.384. The number of unbranched alkanes of at least 4 members (excludes halogenated alkanes) is 6. The largest absolute Gasteiger partial charge is 0.351 e.